The molecule has 0 radical (unpaired) electrons. The van der Waals surface area contributed by atoms with E-state index in [-0.39, 0.29) is 23.4 Å². The highest BCUT2D eigenvalue weighted by Crippen LogP contribution is 2.20. The van der Waals surface area contributed by atoms with Crippen LogP contribution >= 0.6 is 11.3 Å². The van der Waals surface area contributed by atoms with Gasteiger partial charge >= 0.3 is 4.87 Å². The van der Waals surface area contributed by atoms with E-state index in [0.717, 1.165) is 48.5 Å². The van der Waals surface area contributed by atoms with Crippen LogP contribution < -0.4 is 10.2 Å². The summed E-state index contributed by atoms with van der Waals surface area (Å²) in [5.41, 5.74) is 0.844. The predicted octanol–water partition coefficient (Wildman–Crippen LogP) is 1.70. The number of nitrogens with zero attached hydrogens (tertiary/aromatic N) is 2. The van der Waals surface area contributed by atoms with Crippen LogP contribution in [0, 0.1) is 18.8 Å². The Balaban J connectivity index is 1.82. The molecule has 1 aliphatic heterocycles. The lowest BCUT2D eigenvalue weighted by molar-refractivity contribution is -0.122. The smallest absolute Gasteiger partial charge is 0.307 e. The second-order valence-corrected chi connectivity index (χ2v) is 7.68. The molecule has 1 aromatic rings. The van der Waals surface area contributed by atoms with Crippen molar-refractivity contribution in [1.82, 2.24) is 14.8 Å². The van der Waals surface area contributed by atoms with Crippen molar-refractivity contribution in [2.75, 3.05) is 19.6 Å². The summed E-state index contributed by atoms with van der Waals surface area (Å²) in [6.07, 6.45) is 1.29. The highest BCUT2D eigenvalue weighted by atomic mass is 32.1. The third-order valence-corrected chi connectivity index (χ3v) is 5.04. The molecule has 1 saturated heterocycles. The van der Waals surface area contributed by atoms with Crippen molar-refractivity contribution in [3.63, 3.8) is 0 Å². The van der Waals surface area contributed by atoms with Gasteiger partial charge in [-0.1, -0.05) is 25.2 Å². The summed E-state index contributed by atoms with van der Waals surface area (Å²) in [5, 5.41) is 4.80. The Morgan fingerprint density at radius 3 is 2.59 bits per heavy atom. The molecule has 3 atom stereocenters. The molecule has 2 heterocycles. The van der Waals surface area contributed by atoms with E-state index < -0.39 is 0 Å². The Bertz CT molecular complexity index is 556. The van der Waals surface area contributed by atoms with Gasteiger partial charge in [0.05, 0.1) is 0 Å². The van der Waals surface area contributed by atoms with Gasteiger partial charge in [-0.3, -0.25) is 14.2 Å². The van der Waals surface area contributed by atoms with E-state index in [2.05, 4.69) is 24.1 Å². The van der Waals surface area contributed by atoms with Crippen molar-refractivity contribution in [3.8, 4) is 0 Å². The third kappa shape index (κ3) is 4.68. The molecule has 124 valence electrons. The second-order valence-electron chi connectivity index (χ2n) is 6.86. The molecule has 22 heavy (non-hydrogen) atoms. The maximum Gasteiger partial charge on any atom is 0.307 e. The standard InChI is InChI=1S/C16H27N3O2S/c1-11-5-12(2)7-18(6-11)8-13(3)17-15(20)9-19-14(4)10-22-16(19)21/h10-13H,5-9H2,1-4H3,(H,17,20). The summed E-state index contributed by atoms with van der Waals surface area (Å²) < 4.78 is 1.53. The summed E-state index contributed by atoms with van der Waals surface area (Å²) in [6.45, 7) is 11.7. The summed E-state index contributed by atoms with van der Waals surface area (Å²) in [4.78, 5) is 26.1. The molecule has 1 N–H and O–H groups in total. The van der Waals surface area contributed by atoms with E-state index in [1.54, 1.807) is 5.38 Å². The Hall–Kier alpha value is -1.14. The summed E-state index contributed by atoms with van der Waals surface area (Å²) in [5.74, 6) is 1.35. The lowest BCUT2D eigenvalue weighted by atomic mass is 9.92. The van der Waals surface area contributed by atoms with Crippen LogP contribution in [-0.4, -0.2) is 41.1 Å². The van der Waals surface area contributed by atoms with Crippen molar-refractivity contribution in [2.24, 2.45) is 11.8 Å². The van der Waals surface area contributed by atoms with E-state index in [4.69, 9.17) is 0 Å². The molecule has 0 aliphatic carbocycles. The fourth-order valence-corrected chi connectivity index (χ4v) is 4.17. The highest BCUT2D eigenvalue weighted by Gasteiger charge is 2.23. The molecule has 0 bridgehead atoms. The maximum atomic E-state index is 12.1. The number of hydrogen-bond acceptors (Lipinski definition) is 4. The molecular weight excluding hydrogens is 298 g/mol. The zero-order valence-electron chi connectivity index (χ0n) is 14.0. The number of rotatable bonds is 5. The normalized spacial score (nSPS) is 24.2. The van der Waals surface area contributed by atoms with Crippen molar-refractivity contribution in [1.29, 1.82) is 0 Å². The number of carbonyl (C=O) groups is 1. The van der Waals surface area contributed by atoms with Crippen molar-refractivity contribution in [2.45, 2.75) is 46.7 Å². The third-order valence-electron chi connectivity index (χ3n) is 4.16. The molecule has 2 rings (SSSR count). The number of carbonyl (C=O) groups excluding carboxylic acids is 1. The van der Waals surface area contributed by atoms with Gasteiger partial charge in [-0.05, 0) is 32.1 Å². The van der Waals surface area contributed by atoms with Crippen LogP contribution in [-0.2, 0) is 11.3 Å². The first-order valence-electron chi connectivity index (χ1n) is 8.01. The Morgan fingerprint density at radius 1 is 1.41 bits per heavy atom. The first kappa shape index (κ1) is 17.2. The molecule has 1 amide bonds. The molecule has 6 heteroatoms. The monoisotopic (exact) mass is 325 g/mol. The van der Waals surface area contributed by atoms with Crippen LogP contribution in [0.3, 0.4) is 0 Å². The molecule has 0 saturated carbocycles. The molecule has 0 spiro atoms. The number of piperidine rings is 1. The van der Waals surface area contributed by atoms with Gasteiger partial charge < -0.3 is 10.2 Å². The van der Waals surface area contributed by atoms with Crippen molar-refractivity contribution in [3.05, 3.63) is 20.7 Å². The predicted molar refractivity (Wildman–Crippen MR) is 90.3 cm³/mol. The minimum absolute atomic E-state index is 0.0704. The van der Waals surface area contributed by atoms with Gasteiger partial charge in [-0.15, -0.1) is 0 Å². The fourth-order valence-electron chi connectivity index (χ4n) is 3.43. The molecular formula is C16H27N3O2S. The molecule has 1 fully saturated rings. The lowest BCUT2D eigenvalue weighted by Crippen LogP contribution is -2.47. The summed E-state index contributed by atoms with van der Waals surface area (Å²) >= 11 is 1.14. The van der Waals surface area contributed by atoms with Gasteiger partial charge in [-0.25, -0.2) is 0 Å². The summed E-state index contributed by atoms with van der Waals surface area (Å²) in [6, 6.07) is 0.0969. The van der Waals surface area contributed by atoms with Crippen molar-refractivity contribution >= 4 is 17.2 Å². The average Bonchev–Trinajstić information content (AvgIpc) is 2.69. The van der Waals surface area contributed by atoms with Crippen LogP contribution in [0.4, 0.5) is 0 Å². The van der Waals surface area contributed by atoms with Crippen LogP contribution in [0.25, 0.3) is 0 Å². The maximum absolute atomic E-state index is 12.1. The van der Waals surface area contributed by atoms with Gasteiger partial charge in [0.15, 0.2) is 0 Å². The minimum atomic E-state index is -0.0887. The number of thiazole rings is 1. The second kappa shape index (κ2) is 7.42. The Labute approximate surface area is 136 Å². The summed E-state index contributed by atoms with van der Waals surface area (Å²) in [7, 11) is 0. The van der Waals surface area contributed by atoms with E-state index >= 15 is 0 Å². The largest absolute Gasteiger partial charge is 0.351 e. The van der Waals surface area contributed by atoms with Crippen LogP contribution in [0.5, 0.6) is 0 Å². The average molecular weight is 325 g/mol. The molecule has 0 aromatic carbocycles. The number of nitrogens with one attached hydrogen (secondary N) is 1. The highest BCUT2D eigenvalue weighted by molar-refractivity contribution is 7.07. The van der Waals surface area contributed by atoms with E-state index in [1.807, 2.05) is 13.8 Å². The van der Waals surface area contributed by atoms with E-state index in [0.29, 0.717) is 0 Å². The molecule has 3 unspecified atom stereocenters. The van der Waals surface area contributed by atoms with Gasteiger partial charge in [0, 0.05) is 36.8 Å². The van der Waals surface area contributed by atoms with E-state index in [1.165, 1.54) is 11.0 Å². The van der Waals surface area contributed by atoms with Gasteiger partial charge in [0.25, 0.3) is 0 Å². The van der Waals surface area contributed by atoms with Gasteiger partial charge in [-0.2, -0.15) is 0 Å². The fraction of sp³-hybridized carbons (Fsp3) is 0.750. The molecule has 5 nitrogen and oxygen atoms in total. The van der Waals surface area contributed by atoms with Gasteiger partial charge in [0.1, 0.15) is 6.54 Å². The van der Waals surface area contributed by atoms with Crippen LogP contribution in [0.15, 0.2) is 10.2 Å². The minimum Gasteiger partial charge on any atom is -0.351 e. The number of hydrogen-bond donors (Lipinski definition) is 1. The zero-order valence-corrected chi connectivity index (χ0v) is 14.8. The van der Waals surface area contributed by atoms with Crippen LogP contribution in [0.1, 0.15) is 32.9 Å². The van der Waals surface area contributed by atoms with E-state index in [9.17, 15) is 9.59 Å². The Kier molecular flexibility index (Phi) is 5.81. The topological polar surface area (TPSA) is 54.3 Å². The SMILES string of the molecule is Cc1csc(=O)n1CC(=O)NC(C)CN1CC(C)CC(C)C1. The number of likely N-dealkylation sites (tertiary alicyclic amines) is 1. The van der Waals surface area contributed by atoms with Crippen LogP contribution in [0.2, 0.25) is 0 Å². The number of aryl methyl sites for hydroxylation is 1. The zero-order chi connectivity index (χ0) is 16.3. The van der Waals surface area contributed by atoms with Crippen molar-refractivity contribution < 1.29 is 4.79 Å². The Morgan fingerprint density at radius 2 is 2.05 bits per heavy atom. The molecule has 1 aliphatic rings. The number of amides is 1. The first-order chi connectivity index (χ1) is 10.3. The quantitative estimate of drug-likeness (QED) is 0.896. The first-order valence-corrected chi connectivity index (χ1v) is 8.89. The number of aromatic nitrogens is 1. The molecule has 1 aromatic heterocycles. The lowest BCUT2D eigenvalue weighted by Gasteiger charge is -2.36. The van der Waals surface area contributed by atoms with Gasteiger partial charge in [0.2, 0.25) is 5.91 Å².